The van der Waals surface area contributed by atoms with Crippen LogP contribution in [-0.4, -0.2) is 44.5 Å². The molecule has 0 radical (unpaired) electrons. The molecule has 0 aromatic carbocycles. The van der Waals surface area contributed by atoms with Crippen molar-refractivity contribution in [2.75, 3.05) is 18.4 Å². The van der Waals surface area contributed by atoms with E-state index in [2.05, 4.69) is 29.2 Å². The third-order valence-electron chi connectivity index (χ3n) is 5.94. The third kappa shape index (κ3) is 2.98. The number of aromatic nitrogens is 3. The molecule has 2 aliphatic rings. The van der Waals surface area contributed by atoms with Crippen molar-refractivity contribution in [3.8, 4) is 0 Å². The molecule has 1 amide bonds. The van der Waals surface area contributed by atoms with Crippen molar-refractivity contribution >= 4 is 17.4 Å². The Kier molecular flexibility index (Phi) is 3.93. The monoisotopic (exact) mass is 341 g/mol. The van der Waals surface area contributed by atoms with Crippen LogP contribution in [0.1, 0.15) is 45.2 Å². The van der Waals surface area contributed by atoms with E-state index >= 15 is 0 Å². The second-order valence-electron chi connectivity index (χ2n) is 8.13. The predicted molar refractivity (Wildman–Crippen MR) is 97.5 cm³/mol. The number of hydrogen-bond donors (Lipinski definition) is 1. The molecule has 6 heteroatoms. The topological polar surface area (TPSA) is 62.5 Å². The van der Waals surface area contributed by atoms with Crippen LogP contribution in [0.15, 0.2) is 18.3 Å². The summed E-state index contributed by atoms with van der Waals surface area (Å²) in [6.45, 7) is 7.80. The van der Waals surface area contributed by atoms with Crippen LogP contribution < -0.4 is 5.32 Å². The molecule has 1 N–H and O–H groups in total. The van der Waals surface area contributed by atoms with Gasteiger partial charge in [0.1, 0.15) is 5.82 Å². The molecule has 1 aliphatic heterocycles. The summed E-state index contributed by atoms with van der Waals surface area (Å²) in [5, 5.41) is 8.05. The van der Waals surface area contributed by atoms with Crippen molar-refractivity contribution in [1.29, 1.82) is 0 Å². The summed E-state index contributed by atoms with van der Waals surface area (Å²) in [4.78, 5) is 19.4. The summed E-state index contributed by atoms with van der Waals surface area (Å²) in [6.07, 6.45) is 6.56. The highest BCUT2D eigenvalue weighted by molar-refractivity contribution is 5.82. The first-order chi connectivity index (χ1) is 11.9. The molecule has 134 valence electrons. The van der Waals surface area contributed by atoms with Crippen molar-refractivity contribution in [2.45, 2.75) is 52.5 Å². The van der Waals surface area contributed by atoms with Gasteiger partial charge in [-0.3, -0.25) is 4.79 Å². The van der Waals surface area contributed by atoms with Gasteiger partial charge in [0.2, 0.25) is 5.91 Å². The number of carbonyl (C=O) groups excluding carboxylic acids is 1. The number of fused-ring (bicyclic) bond motifs is 1. The number of carbonyl (C=O) groups is 1. The lowest BCUT2D eigenvalue weighted by atomic mass is 9.66. The van der Waals surface area contributed by atoms with Crippen LogP contribution in [0.4, 0.5) is 5.82 Å². The van der Waals surface area contributed by atoms with Gasteiger partial charge >= 0.3 is 0 Å². The number of likely N-dealkylation sites (tertiary alicyclic amines) is 1. The fraction of sp³-hybridized carbons (Fsp3) is 0.632. The largest absolute Gasteiger partial charge is 0.364 e. The van der Waals surface area contributed by atoms with Gasteiger partial charge < -0.3 is 10.2 Å². The number of rotatable bonds is 4. The standard InChI is InChI=1S/C19H27N5O/c1-13-11-24-17(20-13)8-7-16(22-24)21-15-9-10-23(12-15)18(25)19(2,3)14-5-4-6-14/h7-8,11,14-15H,4-6,9-10,12H2,1-3H3,(H,21,22). The first-order valence-corrected chi connectivity index (χ1v) is 9.32. The summed E-state index contributed by atoms with van der Waals surface area (Å²) < 4.78 is 1.80. The second-order valence-corrected chi connectivity index (χ2v) is 8.13. The lowest BCUT2D eigenvalue weighted by Gasteiger charge is -2.41. The van der Waals surface area contributed by atoms with Gasteiger partial charge in [-0.15, -0.1) is 5.10 Å². The number of hydrogen-bond acceptors (Lipinski definition) is 4. The predicted octanol–water partition coefficient (Wildman–Crippen LogP) is 2.88. The van der Waals surface area contributed by atoms with E-state index in [1.54, 1.807) is 4.52 Å². The molecule has 4 rings (SSSR count). The van der Waals surface area contributed by atoms with Crippen LogP contribution in [-0.2, 0) is 4.79 Å². The molecule has 1 aliphatic carbocycles. The zero-order valence-corrected chi connectivity index (χ0v) is 15.3. The van der Waals surface area contributed by atoms with Gasteiger partial charge in [-0.25, -0.2) is 9.50 Å². The Balaban J connectivity index is 1.40. The molecule has 1 unspecified atom stereocenters. The van der Waals surface area contributed by atoms with E-state index in [0.29, 0.717) is 11.8 Å². The molecule has 2 aromatic rings. The minimum Gasteiger partial charge on any atom is -0.364 e. The van der Waals surface area contributed by atoms with E-state index < -0.39 is 0 Å². The van der Waals surface area contributed by atoms with E-state index in [-0.39, 0.29) is 11.5 Å². The Bertz CT molecular complexity index is 792. The number of aryl methyl sites for hydroxylation is 1. The van der Waals surface area contributed by atoms with Gasteiger partial charge in [0, 0.05) is 24.5 Å². The van der Waals surface area contributed by atoms with E-state index in [0.717, 1.165) is 36.7 Å². The maximum Gasteiger partial charge on any atom is 0.228 e. The van der Waals surface area contributed by atoms with Gasteiger partial charge in [0.25, 0.3) is 0 Å². The maximum absolute atomic E-state index is 12.9. The SMILES string of the molecule is Cc1cn2nc(NC3CCN(C(=O)C(C)(C)C4CCC4)C3)ccc2n1. The van der Waals surface area contributed by atoms with Crippen LogP contribution in [0.2, 0.25) is 0 Å². The quantitative estimate of drug-likeness (QED) is 0.929. The van der Waals surface area contributed by atoms with Gasteiger partial charge in [0.15, 0.2) is 5.65 Å². The Morgan fingerprint density at radius 1 is 1.28 bits per heavy atom. The zero-order chi connectivity index (χ0) is 17.6. The van der Waals surface area contributed by atoms with E-state index in [9.17, 15) is 4.79 Å². The van der Waals surface area contributed by atoms with Crippen molar-refractivity contribution in [3.05, 3.63) is 24.0 Å². The molecule has 1 saturated carbocycles. The summed E-state index contributed by atoms with van der Waals surface area (Å²) >= 11 is 0. The highest BCUT2D eigenvalue weighted by atomic mass is 16.2. The lowest BCUT2D eigenvalue weighted by Crippen LogP contribution is -2.46. The van der Waals surface area contributed by atoms with Crippen LogP contribution >= 0.6 is 0 Å². The molecule has 0 bridgehead atoms. The average molecular weight is 341 g/mol. The summed E-state index contributed by atoms with van der Waals surface area (Å²) in [6, 6.07) is 4.19. The van der Waals surface area contributed by atoms with Crippen molar-refractivity contribution < 1.29 is 4.79 Å². The normalized spacial score (nSPS) is 21.6. The summed E-state index contributed by atoms with van der Waals surface area (Å²) in [5.41, 5.74) is 1.59. The van der Waals surface area contributed by atoms with Gasteiger partial charge in [0.05, 0.1) is 11.9 Å². The van der Waals surface area contributed by atoms with Crippen LogP contribution in [0.3, 0.4) is 0 Å². The van der Waals surface area contributed by atoms with Gasteiger partial charge in [-0.2, -0.15) is 0 Å². The van der Waals surface area contributed by atoms with Gasteiger partial charge in [-0.1, -0.05) is 20.3 Å². The number of imidazole rings is 1. The number of amides is 1. The number of anilines is 1. The Hall–Kier alpha value is -2.11. The highest BCUT2D eigenvalue weighted by Gasteiger charge is 2.43. The minimum absolute atomic E-state index is 0.224. The Morgan fingerprint density at radius 2 is 2.08 bits per heavy atom. The van der Waals surface area contributed by atoms with Crippen molar-refractivity contribution in [1.82, 2.24) is 19.5 Å². The molecular weight excluding hydrogens is 314 g/mol. The van der Waals surface area contributed by atoms with Crippen LogP contribution in [0.5, 0.6) is 0 Å². The first-order valence-electron chi connectivity index (χ1n) is 9.32. The van der Waals surface area contributed by atoms with Gasteiger partial charge in [-0.05, 0) is 44.2 Å². The molecule has 2 aromatic heterocycles. The van der Waals surface area contributed by atoms with Crippen LogP contribution in [0, 0.1) is 18.3 Å². The molecule has 1 saturated heterocycles. The fourth-order valence-electron chi connectivity index (χ4n) is 4.06. The average Bonchev–Trinajstić information content (AvgIpc) is 3.09. The minimum atomic E-state index is -0.224. The van der Waals surface area contributed by atoms with E-state index in [1.807, 2.05) is 30.2 Å². The van der Waals surface area contributed by atoms with Crippen LogP contribution in [0.25, 0.3) is 5.65 Å². The zero-order valence-electron chi connectivity index (χ0n) is 15.3. The number of nitrogens with zero attached hydrogens (tertiary/aromatic N) is 4. The fourth-order valence-corrected chi connectivity index (χ4v) is 4.06. The lowest BCUT2D eigenvalue weighted by molar-refractivity contribution is -0.144. The molecular formula is C19H27N5O. The Labute approximate surface area is 148 Å². The van der Waals surface area contributed by atoms with E-state index in [4.69, 9.17) is 0 Å². The number of nitrogens with one attached hydrogen (secondary N) is 1. The molecule has 1 atom stereocenters. The molecule has 25 heavy (non-hydrogen) atoms. The van der Waals surface area contributed by atoms with Crippen molar-refractivity contribution in [2.24, 2.45) is 11.3 Å². The molecule has 3 heterocycles. The van der Waals surface area contributed by atoms with E-state index in [1.165, 1.54) is 19.3 Å². The first kappa shape index (κ1) is 16.4. The summed E-state index contributed by atoms with van der Waals surface area (Å²) in [5.74, 6) is 1.71. The molecule has 2 fully saturated rings. The molecule has 6 nitrogen and oxygen atoms in total. The molecule has 0 spiro atoms. The highest BCUT2D eigenvalue weighted by Crippen LogP contribution is 2.43. The second kappa shape index (κ2) is 6.00. The third-order valence-corrected chi connectivity index (χ3v) is 5.94. The maximum atomic E-state index is 12.9. The Morgan fingerprint density at radius 3 is 2.80 bits per heavy atom. The smallest absolute Gasteiger partial charge is 0.228 e. The summed E-state index contributed by atoms with van der Waals surface area (Å²) in [7, 11) is 0. The van der Waals surface area contributed by atoms with Crippen molar-refractivity contribution in [3.63, 3.8) is 0 Å².